The van der Waals surface area contributed by atoms with Crippen molar-refractivity contribution in [1.29, 1.82) is 0 Å². The summed E-state index contributed by atoms with van der Waals surface area (Å²) >= 11 is 2.45. The summed E-state index contributed by atoms with van der Waals surface area (Å²) in [6.45, 7) is 6.93. The highest BCUT2D eigenvalue weighted by Crippen LogP contribution is 2.61. The van der Waals surface area contributed by atoms with Gasteiger partial charge in [0.15, 0.2) is 0 Å². The van der Waals surface area contributed by atoms with Gasteiger partial charge in [0, 0.05) is 16.8 Å². The minimum absolute atomic E-state index is 0.135. The Morgan fingerprint density at radius 1 is 1.44 bits per heavy atom. The Labute approximate surface area is 123 Å². The summed E-state index contributed by atoms with van der Waals surface area (Å²) in [5, 5.41) is 0. The predicted octanol–water partition coefficient (Wildman–Crippen LogP) is 3.61. The lowest BCUT2D eigenvalue weighted by Gasteiger charge is -2.37. The number of ketones is 1. The largest absolute Gasteiger partial charge is 0.365 e. The van der Waals surface area contributed by atoms with Crippen molar-refractivity contribution < 1.29 is 9.53 Å². The molecular weight excluding hydrogens is 339 g/mol. The summed E-state index contributed by atoms with van der Waals surface area (Å²) in [4.78, 5) is 12.4. The first kappa shape index (κ1) is 13.3. The normalized spacial score (nSPS) is 50.9. The standard InChI is InChI=1S/C15H23IO2/c1-9(2)10-6-12(17)11-7-13-15(8-16,18-13)5-4-14(10,11)3/h9-11,13H,4-8H2,1-3H3/t10-,11-,13+,14-,15+/m1/s1. The quantitative estimate of drug-likeness (QED) is 0.427. The van der Waals surface area contributed by atoms with Crippen molar-refractivity contribution in [1.82, 2.24) is 0 Å². The lowest BCUT2D eigenvalue weighted by Crippen LogP contribution is -2.33. The van der Waals surface area contributed by atoms with Crippen LogP contribution in [0.1, 0.15) is 46.5 Å². The summed E-state index contributed by atoms with van der Waals surface area (Å²) in [6.07, 6.45) is 4.50. The van der Waals surface area contributed by atoms with Crippen LogP contribution in [0.4, 0.5) is 0 Å². The zero-order chi connectivity index (χ0) is 13.1. The number of Topliss-reactive ketones (excluding diaryl/α,β-unsaturated/α-hetero) is 1. The van der Waals surface area contributed by atoms with E-state index in [-0.39, 0.29) is 16.9 Å². The molecule has 0 unspecified atom stereocenters. The van der Waals surface area contributed by atoms with Gasteiger partial charge in [0.05, 0.1) is 6.10 Å². The SMILES string of the molecule is CC(C)[C@H]1CC(=O)[C@H]2C[C@@H]3O[C@]3(CI)CC[C@@]21C. The third-order valence-electron chi connectivity index (χ3n) is 5.93. The molecule has 1 saturated heterocycles. The van der Waals surface area contributed by atoms with Gasteiger partial charge in [-0.05, 0) is 36.5 Å². The van der Waals surface area contributed by atoms with E-state index >= 15 is 0 Å². The van der Waals surface area contributed by atoms with Crippen LogP contribution in [0.2, 0.25) is 0 Å². The fourth-order valence-corrected chi connectivity index (χ4v) is 5.64. The minimum atomic E-state index is 0.135. The fourth-order valence-electron chi connectivity index (χ4n) is 4.59. The Kier molecular flexibility index (Phi) is 3.10. The van der Waals surface area contributed by atoms with Gasteiger partial charge in [-0.1, -0.05) is 43.4 Å². The Bertz CT molecular complexity index is 381. The van der Waals surface area contributed by atoms with Gasteiger partial charge in [0.25, 0.3) is 0 Å². The average Bonchev–Trinajstić information content (AvgIpc) is 2.98. The van der Waals surface area contributed by atoms with Crippen LogP contribution >= 0.6 is 22.6 Å². The second kappa shape index (κ2) is 4.18. The van der Waals surface area contributed by atoms with E-state index in [1.54, 1.807) is 0 Å². The molecule has 0 aromatic carbocycles. The van der Waals surface area contributed by atoms with Crippen molar-refractivity contribution in [3.8, 4) is 0 Å². The molecule has 3 aliphatic rings. The van der Waals surface area contributed by atoms with Gasteiger partial charge in [-0.2, -0.15) is 0 Å². The smallest absolute Gasteiger partial charge is 0.136 e. The molecule has 1 aliphatic heterocycles. The second-order valence-electron chi connectivity index (χ2n) is 7.12. The molecule has 3 rings (SSSR count). The van der Waals surface area contributed by atoms with Crippen LogP contribution in [0.5, 0.6) is 0 Å². The van der Waals surface area contributed by atoms with Crippen LogP contribution in [0.25, 0.3) is 0 Å². The predicted molar refractivity (Wildman–Crippen MR) is 79.9 cm³/mol. The summed E-state index contributed by atoms with van der Waals surface area (Å²) < 4.78 is 7.01. The number of ether oxygens (including phenoxy) is 1. The number of hydrogen-bond donors (Lipinski definition) is 0. The molecular formula is C15H23IO2. The average molecular weight is 362 g/mol. The molecule has 0 aromatic heterocycles. The first-order chi connectivity index (χ1) is 8.43. The van der Waals surface area contributed by atoms with Crippen molar-refractivity contribution >= 4 is 28.4 Å². The molecule has 2 aliphatic carbocycles. The Morgan fingerprint density at radius 3 is 2.78 bits per heavy atom. The first-order valence-electron chi connectivity index (χ1n) is 7.19. The number of hydrogen-bond acceptors (Lipinski definition) is 2. The van der Waals surface area contributed by atoms with Crippen LogP contribution in [0, 0.1) is 23.2 Å². The van der Waals surface area contributed by atoms with E-state index in [1.807, 2.05) is 0 Å². The summed E-state index contributed by atoms with van der Waals surface area (Å²) in [5.41, 5.74) is 0.372. The number of carbonyl (C=O) groups is 1. The van der Waals surface area contributed by atoms with Crippen molar-refractivity contribution in [2.75, 3.05) is 4.43 Å². The van der Waals surface area contributed by atoms with Crippen molar-refractivity contribution in [3.05, 3.63) is 0 Å². The van der Waals surface area contributed by atoms with Gasteiger partial charge < -0.3 is 4.74 Å². The van der Waals surface area contributed by atoms with Crippen LogP contribution in [-0.4, -0.2) is 21.9 Å². The van der Waals surface area contributed by atoms with E-state index in [2.05, 4.69) is 43.4 Å². The van der Waals surface area contributed by atoms with Gasteiger partial charge in [0.2, 0.25) is 0 Å². The van der Waals surface area contributed by atoms with Crippen LogP contribution in [0.3, 0.4) is 0 Å². The van der Waals surface area contributed by atoms with E-state index in [1.165, 1.54) is 6.42 Å². The molecule has 0 aromatic rings. The van der Waals surface area contributed by atoms with Crippen molar-refractivity contribution in [3.63, 3.8) is 0 Å². The molecule has 1 heterocycles. The Hall–Kier alpha value is 0.360. The van der Waals surface area contributed by atoms with Crippen molar-refractivity contribution in [2.24, 2.45) is 23.2 Å². The molecule has 18 heavy (non-hydrogen) atoms. The lowest BCUT2D eigenvalue weighted by atomic mass is 9.67. The molecule has 0 spiro atoms. The number of halogens is 1. The zero-order valence-electron chi connectivity index (χ0n) is 11.5. The molecule has 0 bridgehead atoms. The van der Waals surface area contributed by atoms with Gasteiger partial charge in [-0.25, -0.2) is 0 Å². The fraction of sp³-hybridized carbons (Fsp3) is 0.933. The highest BCUT2D eigenvalue weighted by atomic mass is 127. The van der Waals surface area contributed by atoms with Gasteiger partial charge in [-0.15, -0.1) is 0 Å². The zero-order valence-corrected chi connectivity index (χ0v) is 13.7. The maximum absolute atomic E-state index is 12.4. The van der Waals surface area contributed by atoms with Crippen LogP contribution in [-0.2, 0) is 9.53 Å². The third kappa shape index (κ3) is 1.72. The highest BCUT2D eigenvalue weighted by Gasteiger charge is 2.64. The van der Waals surface area contributed by atoms with Crippen molar-refractivity contribution in [2.45, 2.75) is 58.2 Å². The summed E-state index contributed by atoms with van der Waals surface area (Å²) in [6, 6.07) is 0. The van der Waals surface area contributed by atoms with E-state index in [0.717, 1.165) is 23.7 Å². The first-order valence-corrected chi connectivity index (χ1v) is 8.72. The molecule has 5 atom stereocenters. The molecule has 0 radical (unpaired) electrons. The maximum Gasteiger partial charge on any atom is 0.136 e. The summed E-state index contributed by atoms with van der Waals surface area (Å²) in [5.74, 6) is 1.98. The molecule has 0 amide bonds. The second-order valence-corrected chi connectivity index (χ2v) is 7.88. The Morgan fingerprint density at radius 2 is 2.17 bits per heavy atom. The van der Waals surface area contributed by atoms with Crippen LogP contribution in [0.15, 0.2) is 0 Å². The molecule has 3 heteroatoms. The number of fused-ring (bicyclic) bond motifs is 2. The lowest BCUT2D eigenvalue weighted by molar-refractivity contribution is -0.122. The molecule has 3 fully saturated rings. The van der Waals surface area contributed by atoms with E-state index < -0.39 is 0 Å². The van der Waals surface area contributed by atoms with E-state index in [4.69, 9.17) is 4.74 Å². The number of carbonyl (C=O) groups excluding carboxylic acids is 1. The van der Waals surface area contributed by atoms with E-state index in [9.17, 15) is 4.79 Å². The maximum atomic E-state index is 12.4. The summed E-state index contributed by atoms with van der Waals surface area (Å²) in [7, 11) is 0. The highest BCUT2D eigenvalue weighted by molar-refractivity contribution is 14.1. The molecule has 2 nitrogen and oxygen atoms in total. The third-order valence-corrected chi connectivity index (χ3v) is 7.22. The number of alkyl halides is 1. The van der Waals surface area contributed by atoms with Crippen LogP contribution < -0.4 is 0 Å². The minimum Gasteiger partial charge on any atom is -0.365 e. The molecule has 2 saturated carbocycles. The monoisotopic (exact) mass is 362 g/mol. The van der Waals surface area contributed by atoms with E-state index in [0.29, 0.717) is 23.7 Å². The molecule has 102 valence electrons. The number of epoxide rings is 1. The Balaban J connectivity index is 1.89. The number of rotatable bonds is 2. The molecule has 0 N–H and O–H groups in total. The van der Waals surface area contributed by atoms with Gasteiger partial charge in [0.1, 0.15) is 11.4 Å². The topological polar surface area (TPSA) is 29.6 Å². The van der Waals surface area contributed by atoms with Gasteiger partial charge >= 0.3 is 0 Å². The van der Waals surface area contributed by atoms with Gasteiger partial charge in [-0.3, -0.25) is 4.79 Å².